The number of hydrogen-bond acceptors (Lipinski definition) is 7. The summed E-state index contributed by atoms with van der Waals surface area (Å²) in [6.45, 7) is 4.97. The van der Waals surface area contributed by atoms with E-state index in [4.69, 9.17) is 9.15 Å². The zero-order chi connectivity index (χ0) is 22.7. The van der Waals surface area contributed by atoms with E-state index < -0.39 is 29.6 Å². The van der Waals surface area contributed by atoms with Gasteiger partial charge in [0.2, 0.25) is 0 Å². The topological polar surface area (TPSA) is 114 Å². The van der Waals surface area contributed by atoms with Crippen molar-refractivity contribution in [3.63, 3.8) is 0 Å². The van der Waals surface area contributed by atoms with Gasteiger partial charge < -0.3 is 14.3 Å². The average molecular weight is 443 g/mol. The normalized spacial score (nSPS) is 16.1. The van der Waals surface area contributed by atoms with Crippen LogP contribution in [0.4, 0.5) is 4.79 Å². The number of carbonyl (C=O) groups excluding carboxylic acids is 3. The number of rotatable bonds is 7. The number of nitrogens with zero attached hydrogens (tertiary/aromatic N) is 1. The number of carboxylic acids is 1. The number of esters is 1. The second-order valence-electron chi connectivity index (χ2n) is 7.01. The third kappa shape index (κ3) is 5.05. The number of amides is 2. The van der Waals surface area contributed by atoms with Crippen LogP contribution in [0.3, 0.4) is 0 Å². The van der Waals surface area contributed by atoms with Crippen LogP contribution in [0.15, 0.2) is 39.7 Å². The highest BCUT2D eigenvalue weighted by Gasteiger charge is 2.37. The molecule has 0 bridgehead atoms. The second-order valence-corrected chi connectivity index (χ2v) is 8.01. The van der Waals surface area contributed by atoms with Gasteiger partial charge in [0.05, 0.1) is 16.6 Å². The van der Waals surface area contributed by atoms with Crippen molar-refractivity contribution in [1.29, 1.82) is 0 Å². The molecule has 1 saturated heterocycles. The molecule has 0 saturated carbocycles. The Morgan fingerprint density at radius 3 is 2.68 bits per heavy atom. The molecule has 0 spiro atoms. The Bertz CT molecular complexity index is 1090. The number of benzene rings is 1. The van der Waals surface area contributed by atoms with Gasteiger partial charge in [-0.2, -0.15) is 0 Å². The predicted octanol–water partition coefficient (Wildman–Crippen LogP) is 4.33. The fourth-order valence-electron chi connectivity index (χ4n) is 2.84. The molecular weight excluding hydrogens is 422 g/mol. The average Bonchev–Trinajstić information content (AvgIpc) is 3.28. The van der Waals surface area contributed by atoms with Crippen molar-refractivity contribution in [1.82, 2.24) is 4.90 Å². The lowest BCUT2D eigenvalue weighted by Gasteiger charge is -2.14. The van der Waals surface area contributed by atoms with E-state index in [2.05, 4.69) is 0 Å². The molecule has 2 aromatic rings. The molecule has 0 aliphatic carbocycles. The monoisotopic (exact) mass is 443 g/mol. The summed E-state index contributed by atoms with van der Waals surface area (Å²) in [5.41, 5.74) is 1.57. The summed E-state index contributed by atoms with van der Waals surface area (Å²) in [5, 5.41) is 8.63. The van der Waals surface area contributed by atoms with E-state index in [0.717, 1.165) is 10.5 Å². The Morgan fingerprint density at radius 2 is 2.00 bits per heavy atom. The van der Waals surface area contributed by atoms with Crippen molar-refractivity contribution in [2.45, 2.75) is 33.3 Å². The van der Waals surface area contributed by atoms with Gasteiger partial charge in [-0.15, -0.1) is 0 Å². The number of thioether (sulfide) groups is 1. The van der Waals surface area contributed by atoms with Crippen LogP contribution in [0.1, 0.15) is 41.9 Å². The molecule has 8 nitrogen and oxygen atoms in total. The lowest BCUT2D eigenvalue weighted by Crippen LogP contribution is -2.35. The number of furan rings is 1. The summed E-state index contributed by atoms with van der Waals surface area (Å²) in [6, 6.07) is 7.98. The zero-order valence-corrected chi connectivity index (χ0v) is 18.0. The molecule has 162 valence electrons. The molecule has 1 fully saturated rings. The highest BCUT2D eigenvalue weighted by atomic mass is 32.2. The molecule has 0 unspecified atom stereocenters. The molecule has 1 aromatic carbocycles. The van der Waals surface area contributed by atoms with Gasteiger partial charge in [-0.25, -0.2) is 4.79 Å². The Morgan fingerprint density at radius 1 is 1.26 bits per heavy atom. The first-order valence-corrected chi connectivity index (χ1v) is 10.4. The summed E-state index contributed by atoms with van der Waals surface area (Å²) >= 11 is 0.711. The highest BCUT2D eigenvalue weighted by molar-refractivity contribution is 8.18. The molecule has 1 aromatic heterocycles. The largest absolute Gasteiger partial charge is 0.478 e. The van der Waals surface area contributed by atoms with Crippen molar-refractivity contribution in [2.24, 2.45) is 0 Å². The minimum absolute atomic E-state index is 0.123. The third-order valence-electron chi connectivity index (χ3n) is 4.72. The van der Waals surface area contributed by atoms with Gasteiger partial charge in [-0.1, -0.05) is 13.0 Å². The first kappa shape index (κ1) is 22.4. The minimum Gasteiger partial charge on any atom is -0.478 e. The van der Waals surface area contributed by atoms with Gasteiger partial charge in [0, 0.05) is 11.6 Å². The van der Waals surface area contributed by atoms with Crippen molar-refractivity contribution in [2.75, 3.05) is 6.54 Å². The molecule has 2 amide bonds. The van der Waals surface area contributed by atoms with Gasteiger partial charge in [-0.05, 0) is 61.9 Å². The molecule has 1 aliphatic rings. The van der Waals surface area contributed by atoms with E-state index in [1.165, 1.54) is 18.2 Å². The van der Waals surface area contributed by atoms with Crippen molar-refractivity contribution in [3.8, 4) is 11.3 Å². The van der Waals surface area contributed by atoms with Gasteiger partial charge in [-0.3, -0.25) is 19.3 Å². The standard InChI is InChI=1S/C22H21NO7S/c1-4-13(3)29-19(24)11-23-20(25)18(31-22(23)28)10-15-7-8-17(30-15)16-9-14(21(26)27)6-5-12(16)2/h5-10,13H,4,11H2,1-3H3,(H,26,27)/b18-10-/t13-/m1/s1. The smallest absolute Gasteiger partial charge is 0.335 e. The number of carbonyl (C=O) groups is 4. The maximum absolute atomic E-state index is 12.6. The van der Waals surface area contributed by atoms with E-state index in [-0.39, 0.29) is 16.6 Å². The van der Waals surface area contributed by atoms with Crippen LogP contribution >= 0.6 is 11.8 Å². The lowest BCUT2D eigenvalue weighted by atomic mass is 10.0. The molecule has 31 heavy (non-hydrogen) atoms. The molecule has 2 heterocycles. The van der Waals surface area contributed by atoms with Crippen LogP contribution in [-0.4, -0.2) is 45.7 Å². The van der Waals surface area contributed by atoms with Crippen molar-refractivity contribution >= 4 is 40.9 Å². The highest BCUT2D eigenvalue weighted by Crippen LogP contribution is 2.34. The van der Waals surface area contributed by atoms with Crippen LogP contribution < -0.4 is 0 Å². The number of ether oxygens (including phenoxy) is 1. The first-order chi connectivity index (χ1) is 14.7. The SMILES string of the molecule is CC[C@@H](C)OC(=O)CN1C(=O)S/C(=C\c2ccc(-c3cc(C(=O)O)ccc3C)o2)C1=O. The molecule has 1 atom stereocenters. The maximum Gasteiger partial charge on any atom is 0.335 e. The molecule has 3 rings (SSSR count). The van der Waals surface area contributed by atoms with E-state index >= 15 is 0 Å². The second kappa shape index (κ2) is 9.22. The van der Waals surface area contributed by atoms with Crippen molar-refractivity contribution < 1.29 is 33.4 Å². The van der Waals surface area contributed by atoms with Crippen LogP contribution in [0, 0.1) is 6.92 Å². The lowest BCUT2D eigenvalue weighted by molar-refractivity contribution is -0.150. The van der Waals surface area contributed by atoms with Crippen LogP contribution in [-0.2, 0) is 14.3 Å². The van der Waals surface area contributed by atoms with Crippen molar-refractivity contribution in [3.05, 3.63) is 52.1 Å². The van der Waals surface area contributed by atoms with Gasteiger partial charge in [0.15, 0.2) is 0 Å². The Balaban J connectivity index is 1.78. The van der Waals surface area contributed by atoms with E-state index in [1.807, 2.05) is 13.8 Å². The van der Waals surface area contributed by atoms with Gasteiger partial charge >= 0.3 is 11.9 Å². The first-order valence-electron chi connectivity index (χ1n) is 9.58. The number of hydrogen-bond donors (Lipinski definition) is 1. The van der Waals surface area contributed by atoms with E-state index in [9.17, 15) is 24.3 Å². The van der Waals surface area contributed by atoms with E-state index in [1.54, 1.807) is 25.1 Å². The van der Waals surface area contributed by atoms with E-state index in [0.29, 0.717) is 35.3 Å². The van der Waals surface area contributed by atoms with Gasteiger partial charge in [0.1, 0.15) is 18.1 Å². The summed E-state index contributed by atoms with van der Waals surface area (Å²) in [7, 11) is 0. The minimum atomic E-state index is -1.05. The molecule has 1 aliphatic heterocycles. The summed E-state index contributed by atoms with van der Waals surface area (Å²) in [5.74, 6) is -1.54. The quantitative estimate of drug-likeness (QED) is 0.497. The number of imide groups is 1. The van der Waals surface area contributed by atoms with Crippen LogP contribution in [0.25, 0.3) is 17.4 Å². The number of carboxylic acid groups (broad SMARTS) is 1. The maximum atomic E-state index is 12.6. The number of aryl methyl sites for hydroxylation is 1. The fourth-order valence-corrected chi connectivity index (χ4v) is 3.65. The predicted molar refractivity (Wildman–Crippen MR) is 114 cm³/mol. The molecule has 9 heteroatoms. The third-order valence-corrected chi connectivity index (χ3v) is 5.63. The van der Waals surface area contributed by atoms with Crippen LogP contribution in [0.2, 0.25) is 0 Å². The molecule has 0 radical (unpaired) electrons. The van der Waals surface area contributed by atoms with Crippen LogP contribution in [0.5, 0.6) is 0 Å². The number of aromatic carboxylic acids is 1. The zero-order valence-electron chi connectivity index (χ0n) is 17.2. The summed E-state index contributed by atoms with van der Waals surface area (Å²) < 4.78 is 10.9. The Labute approximate surface area is 182 Å². The fraction of sp³-hybridized carbons (Fsp3) is 0.273. The Hall–Kier alpha value is -3.33. The summed E-state index contributed by atoms with van der Waals surface area (Å²) in [4.78, 5) is 48.9. The molecular formula is C22H21NO7S. The Kier molecular flexibility index (Phi) is 6.65. The molecule has 1 N–H and O–H groups in total. The summed E-state index contributed by atoms with van der Waals surface area (Å²) in [6.07, 6.45) is 1.75. The van der Waals surface area contributed by atoms with Gasteiger partial charge in [0.25, 0.3) is 11.1 Å².